The van der Waals surface area contributed by atoms with Crippen LogP contribution in [0, 0.1) is 0 Å². The molecule has 106 valence electrons. The Hall–Kier alpha value is -1.52. The van der Waals surface area contributed by atoms with E-state index in [4.69, 9.17) is 9.47 Å². The van der Waals surface area contributed by atoms with Crippen LogP contribution in [-0.2, 0) is 13.1 Å². The third-order valence-electron chi connectivity index (χ3n) is 3.11. The van der Waals surface area contributed by atoms with Crippen molar-refractivity contribution in [1.82, 2.24) is 0 Å². The Morgan fingerprint density at radius 3 is 2.20 bits per heavy atom. The molecule has 0 saturated heterocycles. The highest BCUT2D eigenvalue weighted by atomic mass is 79.9. The Kier molecular flexibility index (Phi) is 5.44. The summed E-state index contributed by atoms with van der Waals surface area (Å²) in [5.74, 6) is 1.65. The van der Waals surface area contributed by atoms with Crippen molar-refractivity contribution in [2.24, 2.45) is 0 Å². The molecule has 0 aliphatic heterocycles. The number of rotatable bonds is 6. The average Bonchev–Trinajstić information content (AvgIpc) is 2.48. The second kappa shape index (κ2) is 7.31. The van der Waals surface area contributed by atoms with Crippen molar-refractivity contribution in [3.63, 3.8) is 0 Å². The van der Waals surface area contributed by atoms with Gasteiger partial charge in [-0.1, -0.05) is 34.1 Å². The van der Waals surface area contributed by atoms with Gasteiger partial charge in [0.05, 0.1) is 14.2 Å². The first-order valence-electron chi connectivity index (χ1n) is 6.50. The van der Waals surface area contributed by atoms with Gasteiger partial charge in [0.15, 0.2) is 0 Å². The number of hydrogen-bond donors (Lipinski definition) is 1. The van der Waals surface area contributed by atoms with Crippen LogP contribution in [0.2, 0.25) is 0 Å². The molecule has 0 heterocycles. The van der Waals surface area contributed by atoms with E-state index in [0.717, 1.165) is 29.1 Å². The Labute approximate surface area is 128 Å². The molecule has 0 atom stereocenters. The highest BCUT2D eigenvalue weighted by molar-refractivity contribution is 9.10. The van der Waals surface area contributed by atoms with E-state index < -0.39 is 0 Å². The zero-order valence-electron chi connectivity index (χ0n) is 11.7. The maximum atomic E-state index is 5.28. The van der Waals surface area contributed by atoms with Crippen LogP contribution in [0.3, 0.4) is 0 Å². The van der Waals surface area contributed by atoms with Crippen molar-refractivity contribution in [3.8, 4) is 11.5 Å². The largest absolute Gasteiger partial charge is 0.497 e. The molecule has 0 aliphatic rings. The molecule has 0 aliphatic carbocycles. The maximum Gasteiger partial charge on any atom is 0.123 e. The topological polar surface area (TPSA) is 35.1 Å². The van der Waals surface area contributed by atoms with Gasteiger partial charge in [0.25, 0.3) is 0 Å². The van der Waals surface area contributed by atoms with E-state index in [0.29, 0.717) is 0 Å². The zero-order valence-corrected chi connectivity index (χ0v) is 13.3. The predicted molar refractivity (Wildman–Crippen MR) is 83.0 cm³/mol. The minimum absolute atomic E-state index is 0.827. The lowest BCUT2D eigenvalue weighted by Crippen LogP contribution is -2.80. The van der Waals surface area contributed by atoms with Crippen molar-refractivity contribution in [3.05, 3.63) is 58.1 Å². The second-order valence-electron chi connectivity index (χ2n) is 4.51. The lowest BCUT2D eigenvalue weighted by molar-refractivity contribution is -0.686. The predicted octanol–water partition coefficient (Wildman–Crippen LogP) is 2.73. The second-order valence-corrected chi connectivity index (χ2v) is 5.36. The summed E-state index contributed by atoms with van der Waals surface area (Å²) in [6.07, 6.45) is 0. The number of quaternary nitrogens is 1. The van der Waals surface area contributed by atoms with E-state index in [1.165, 1.54) is 11.1 Å². The summed E-state index contributed by atoms with van der Waals surface area (Å²) in [4.78, 5) is 0. The first-order valence-corrected chi connectivity index (χ1v) is 7.29. The van der Waals surface area contributed by atoms with Gasteiger partial charge in [-0.05, 0) is 18.2 Å². The van der Waals surface area contributed by atoms with Crippen molar-refractivity contribution in [1.29, 1.82) is 0 Å². The van der Waals surface area contributed by atoms with E-state index in [1.54, 1.807) is 14.2 Å². The molecule has 0 amide bonds. The number of halogens is 1. The van der Waals surface area contributed by atoms with Crippen molar-refractivity contribution >= 4 is 15.9 Å². The summed E-state index contributed by atoms with van der Waals surface area (Å²) in [6, 6.07) is 14.3. The van der Waals surface area contributed by atoms with E-state index >= 15 is 0 Å². The molecule has 0 radical (unpaired) electrons. The van der Waals surface area contributed by atoms with Crippen LogP contribution in [0.5, 0.6) is 11.5 Å². The van der Waals surface area contributed by atoms with Gasteiger partial charge in [-0.3, -0.25) is 0 Å². The SMILES string of the molecule is COc1cc(C[NH2+]Cc2ccccc2Br)cc(OC)c1. The molecule has 0 spiro atoms. The van der Waals surface area contributed by atoms with Gasteiger partial charge in [-0.25, -0.2) is 0 Å². The van der Waals surface area contributed by atoms with E-state index in [-0.39, 0.29) is 0 Å². The van der Waals surface area contributed by atoms with Crippen LogP contribution < -0.4 is 14.8 Å². The molecule has 2 aromatic carbocycles. The molecule has 2 rings (SSSR count). The van der Waals surface area contributed by atoms with Gasteiger partial charge in [-0.15, -0.1) is 0 Å². The fraction of sp³-hybridized carbons (Fsp3) is 0.250. The molecular weight excluding hydrogens is 318 g/mol. The van der Waals surface area contributed by atoms with Crippen LogP contribution in [0.25, 0.3) is 0 Å². The Balaban J connectivity index is 1.99. The molecule has 0 bridgehead atoms. The van der Waals surface area contributed by atoms with Gasteiger partial charge in [0.1, 0.15) is 24.6 Å². The number of hydrogen-bond acceptors (Lipinski definition) is 2. The molecule has 3 nitrogen and oxygen atoms in total. The van der Waals surface area contributed by atoms with Gasteiger partial charge in [-0.2, -0.15) is 0 Å². The van der Waals surface area contributed by atoms with Gasteiger partial charge in [0, 0.05) is 21.7 Å². The fourth-order valence-corrected chi connectivity index (χ4v) is 2.49. The van der Waals surface area contributed by atoms with Gasteiger partial charge >= 0.3 is 0 Å². The van der Waals surface area contributed by atoms with E-state index in [2.05, 4.69) is 39.4 Å². The fourth-order valence-electron chi connectivity index (χ4n) is 2.04. The van der Waals surface area contributed by atoms with Crippen molar-refractivity contribution in [2.45, 2.75) is 13.1 Å². The average molecular weight is 337 g/mol. The molecule has 0 fully saturated rings. The highest BCUT2D eigenvalue weighted by Crippen LogP contribution is 2.22. The summed E-state index contributed by atoms with van der Waals surface area (Å²) in [5, 5.41) is 2.26. The number of benzene rings is 2. The Morgan fingerprint density at radius 1 is 0.950 bits per heavy atom. The third kappa shape index (κ3) is 3.99. The van der Waals surface area contributed by atoms with E-state index in [9.17, 15) is 0 Å². The summed E-state index contributed by atoms with van der Waals surface area (Å²) < 4.78 is 11.7. The Bertz CT molecular complexity index is 550. The normalized spacial score (nSPS) is 10.3. The van der Waals surface area contributed by atoms with Crippen LogP contribution in [-0.4, -0.2) is 14.2 Å². The monoisotopic (exact) mass is 336 g/mol. The first-order chi connectivity index (χ1) is 9.72. The molecular formula is C16H19BrNO2+. The molecule has 2 aromatic rings. The standard InChI is InChI=1S/C16H18BrNO2/c1-19-14-7-12(8-15(9-14)20-2)10-18-11-13-5-3-4-6-16(13)17/h3-9,18H,10-11H2,1-2H3/p+1. The smallest absolute Gasteiger partial charge is 0.123 e. The lowest BCUT2D eigenvalue weighted by atomic mass is 10.2. The Morgan fingerprint density at radius 2 is 1.60 bits per heavy atom. The molecule has 0 saturated carbocycles. The number of nitrogens with two attached hydrogens (primary N) is 1. The molecule has 4 heteroatoms. The van der Waals surface area contributed by atoms with Crippen molar-refractivity contribution in [2.75, 3.05) is 14.2 Å². The first kappa shape index (κ1) is 14.9. The molecule has 0 aromatic heterocycles. The van der Waals surface area contributed by atoms with Gasteiger partial charge in [0.2, 0.25) is 0 Å². The van der Waals surface area contributed by atoms with Crippen molar-refractivity contribution < 1.29 is 14.8 Å². The quantitative estimate of drug-likeness (QED) is 0.880. The molecule has 20 heavy (non-hydrogen) atoms. The minimum Gasteiger partial charge on any atom is -0.497 e. The molecule has 0 unspecified atom stereocenters. The zero-order chi connectivity index (χ0) is 14.4. The van der Waals surface area contributed by atoms with Crippen LogP contribution >= 0.6 is 15.9 Å². The third-order valence-corrected chi connectivity index (χ3v) is 3.89. The number of methoxy groups -OCH3 is 2. The summed E-state index contributed by atoms with van der Waals surface area (Å²) >= 11 is 3.57. The molecule has 2 N–H and O–H groups in total. The van der Waals surface area contributed by atoms with Crippen LogP contribution in [0.15, 0.2) is 46.9 Å². The van der Waals surface area contributed by atoms with Gasteiger partial charge < -0.3 is 14.8 Å². The number of ether oxygens (including phenoxy) is 2. The van der Waals surface area contributed by atoms with E-state index in [1.807, 2.05) is 24.3 Å². The summed E-state index contributed by atoms with van der Waals surface area (Å²) in [6.45, 7) is 1.82. The highest BCUT2D eigenvalue weighted by Gasteiger charge is 2.05. The van der Waals surface area contributed by atoms with Crippen LogP contribution in [0.1, 0.15) is 11.1 Å². The van der Waals surface area contributed by atoms with Crippen LogP contribution in [0.4, 0.5) is 0 Å². The summed E-state index contributed by atoms with van der Waals surface area (Å²) in [7, 11) is 3.34. The summed E-state index contributed by atoms with van der Waals surface area (Å²) in [5.41, 5.74) is 2.48. The maximum absolute atomic E-state index is 5.28. The minimum atomic E-state index is 0.827. The lowest BCUT2D eigenvalue weighted by Gasteiger charge is -2.08.